The van der Waals surface area contributed by atoms with Gasteiger partial charge in [0.15, 0.2) is 11.5 Å². The van der Waals surface area contributed by atoms with Gasteiger partial charge in [0.25, 0.3) is 0 Å². The first-order chi connectivity index (χ1) is 8.79. The maximum Gasteiger partial charge on any atom is 0.161 e. The van der Waals surface area contributed by atoms with Crippen LogP contribution >= 0.6 is 11.6 Å². The number of nitrogens with one attached hydrogen (secondary N) is 1. The van der Waals surface area contributed by atoms with Crippen molar-refractivity contribution in [2.24, 2.45) is 0 Å². The summed E-state index contributed by atoms with van der Waals surface area (Å²) in [6, 6.07) is 7.75. The molecule has 0 spiro atoms. The van der Waals surface area contributed by atoms with E-state index in [-0.39, 0.29) is 5.54 Å². The van der Waals surface area contributed by atoms with Crippen LogP contribution in [0.4, 0.5) is 0 Å². The second-order valence-electron chi connectivity index (χ2n) is 4.57. The lowest BCUT2D eigenvalue weighted by Gasteiger charge is -2.15. The van der Waals surface area contributed by atoms with Crippen LogP contribution in [-0.2, 0) is 0 Å². The number of hydrogen-bond acceptors (Lipinski definition) is 3. The van der Waals surface area contributed by atoms with E-state index in [1.165, 1.54) is 12.8 Å². The fourth-order valence-electron chi connectivity index (χ4n) is 1.83. The molecule has 1 fully saturated rings. The largest absolute Gasteiger partial charge is 0.490 e. The average molecular weight is 270 g/mol. The zero-order valence-corrected chi connectivity index (χ0v) is 11.5. The van der Waals surface area contributed by atoms with E-state index < -0.39 is 0 Å². The molecule has 3 nitrogen and oxygen atoms in total. The van der Waals surface area contributed by atoms with Crippen LogP contribution in [0.1, 0.15) is 19.8 Å². The molecule has 1 aliphatic carbocycles. The SMILES string of the molecule is CCOc1ccccc1OCCNC1(CCl)CC1. The van der Waals surface area contributed by atoms with Crippen LogP contribution in [0.25, 0.3) is 0 Å². The first-order valence-corrected chi connectivity index (χ1v) is 6.99. The summed E-state index contributed by atoms with van der Waals surface area (Å²) in [6.07, 6.45) is 2.35. The Labute approximate surface area is 113 Å². The van der Waals surface area contributed by atoms with Crippen LogP contribution in [0.2, 0.25) is 0 Å². The number of ether oxygens (including phenoxy) is 2. The number of rotatable bonds is 8. The molecule has 0 saturated heterocycles. The molecule has 0 heterocycles. The third-order valence-electron chi connectivity index (χ3n) is 3.12. The fraction of sp³-hybridized carbons (Fsp3) is 0.571. The van der Waals surface area contributed by atoms with Gasteiger partial charge in [0.05, 0.1) is 6.61 Å². The van der Waals surface area contributed by atoms with E-state index in [1.54, 1.807) is 0 Å². The Morgan fingerprint density at radius 1 is 1.22 bits per heavy atom. The Kier molecular flexibility index (Phi) is 4.72. The minimum absolute atomic E-state index is 0.185. The van der Waals surface area contributed by atoms with E-state index in [9.17, 15) is 0 Å². The molecular weight excluding hydrogens is 250 g/mol. The molecule has 0 aliphatic heterocycles. The minimum atomic E-state index is 0.185. The van der Waals surface area contributed by atoms with Crippen LogP contribution in [-0.4, -0.2) is 31.2 Å². The summed E-state index contributed by atoms with van der Waals surface area (Å²) in [6.45, 7) is 4.06. The molecule has 0 radical (unpaired) electrons. The standard InChI is InChI=1S/C14H20ClNO2/c1-2-17-12-5-3-4-6-13(12)18-10-9-16-14(11-15)7-8-14/h3-6,16H,2,7-11H2,1H3. The third kappa shape index (κ3) is 3.53. The molecule has 1 aromatic rings. The molecule has 4 heteroatoms. The Hall–Kier alpha value is -0.930. The van der Waals surface area contributed by atoms with Crippen LogP contribution in [0.3, 0.4) is 0 Å². The van der Waals surface area contributed by atoms with E-state index >= 15 is 0 Å². The van der Waals surface area contributed by atoms with Gasteiger partial charge in [-0.15, -0.1) is 11.6 Å². The van der Waals surface area contributed by atoms with Gasteiger partial charge < -0.3 is 14.8 Å². The van der Waals surface area contributed by atoms with Gasteiger partial charge in [0.1, 0.15) is 6.61 Å². The zero-order valence-electron chi connectivity index (χ0n) is 10.7. The highest BCUT2D eigenvalue weighted by molar-refractivity contribution is 6.18. The lowest BCUT2D eigenvalue weighted by Crippen LogP contribution is -2.35. The molecule has 0 aromatic heterocycles. The third-order valence-corrected chi connectivity index (χ3v) is 3.63. The Bertz CT molecular complexity index is 380. The number of para-hydroxylation sites is 2. The van der Waals surface area contributed by atoms with E-state index in [0.29, 0.717) is 19.1 Å². The van der Waals surface area contributed by atoms with Crippen molar-refractivity contribution in [2.45, 2.75) is 25.3 Å². The predicted octanol–water partition coefficient (Wildman–Crippen LogP) is 2.83. The van der Waals surface area contributed by atoms with E-state index in [2.05, 4.69) is 5.32 Å². The number of hydrogen-bond donors (Lipinski definition) is 1. The summed E-state index contributed by atoms with van der Waals surface area (Å²) in [4.78, 5) is 0. The molecule has 1 aliphatic rings. The smallest absolute Gasteiger partial charge is 0.161 e. The zero-order chi connectivity index (χ0) is 12.8. The lowest BCUT2D eigenvalue weighted by atomic mass is 10.3. The molecule has 2 rings (SSSR count). The molecule has 0 amide bonds. The Morgan fingerprint density at radius 2 is 1.89 bits per heavy atom. The molecule has 18 heavy (non-hydrogen) atoms. The molecule has 1 saturated carbocycles. The molecule has 1 N–H and O–H groups in total. The maximum absolute atomic E-state index is 5.89. The summed E-state index contributed by atoms with van der Waals surface area (Å²) in [7, 11) is 0. The Balaban J connectivity index is 1.76. The van der Waals surface area contributed by atoms with Crippen molar-refractivity contribution >= 4 is 11.6 Å². The average Bonchev–Trinajstić information content (AvgIpc) is 3.17. The van der Waals surface area contributed by atoms with E-state index in [4.69, 9.17) is 21.1 Å². The second kappa shape index (κ2) is 6.30. The molecule has 0 unspecified atom stereocenters. The predicted molar refractivity (Wildman–Crippen MR) is 73.8 cm³/mol. The molecule has 100 valence electrons. The summed E-state index contributed by atoms with van der Waals surface area (Å²) in [5.74, 6) is 2.29. The number of benzene rings is 1. The normalized spacial score (nSPS) is 16.3. The second-order valence-corrected chi connectivity index (χ2v) is 4.84. The van der Waals surface area contributed by atoms with Crippen molar-refractivity contribution in [3.8, 4) is 11.5 Å². The van der Waals surface area contributed by atoms with Gasteiger partial charge in [-0.25, -0.2) is 0 Å². The van der Waals surface area contributed by atoms with Crippen molar-refractivity contribution < 1.29 is 9.47 Å². The van der Waals surface area contributed by atoms with Gasteiger partial charge in [-0.3, -0.25) is 0 Å². The summed E-state index contributed by atoms with van der Waals surface area (Å²) in [5, 5.41) is 3.44. The Morgan fingerprint density at radius 3 is 2.44 bits per heavy atom. The van der Waals surface area contributed by atoms with E-state index in [0.717, 1.165) is 18.0 Å². The van der Waals surface area contributed by atoms with Gasteiger partial charge in [0.2, 0.25) is 0 Å². The van der Waals surface area contributed by atoms with Crippen molar-refractivity contribution in [1.82, 2.24) is 5.32 Å². The topological polar surface area (TPSA) is 30.5 Å². The van der Waals surface area contributed by atoms with Crippen LogP contribution in [0.15, 0.2) is 24.3 Å². The van der Waals surface area contributed by atoms with Gasteiger partial charge in [-0.2, -0.15) is 0 Å². The van der Waals surface area contributed by atoms with Gasteiger partial charge >= 0.3 is 0 Å². The van der Waals surface area contributed by atoms with Crippen molar-refractivity contribution in [3.05, 3.63) is 24.3 Å². The lowest BCUT2D eigenvalue weighted by molar-refractivity contribution is 0.271. The molecule has 1 aromatic carbocycles. The van der Waals surface area contributed by atoms with Gasteiger partial charge in [-0.1, -0.05) is 12.1 Å². The van der Waals surface area contributed by atoms with Crippen molar-refractivity contribution in [1.29, 1.82) is 0 Å². The maximum atomic E-state index is 5.89. The quantitative estimate of drug-likeness (QED) is 0.582. The highest BCUT2D eigenvalue weighted by atomic mass is 35.5. The first kappa shape index (κ1) is 13.5. The fourth-order valence-corrected chi connectivity index (χ4v) is 2.19. The molecule has 0 atom stereocenters. The van der Waals surface area contributed by atoms with Crippen molar-refractivity contribution in [3.63, 3.8) is 0 Å². The minimum Gasteiger partial charge on any atom is -0.490 e. The highest BCUT2D eigenvalue weighted by Gasteiger charge is 2.40. The highest BCUT2D eigenvalue weighted by Crippen LogP contribution is 2.36. The monoisotopic (exact) mass is 269 g/mol. The summed E-state index contributed by atoms with van der Waals surface area (Å²) in [5.41, 5.74) is 0.185. The van der Waals surface area contributed by atoms with Crippen LogP contribution < -0.4 is 14.8 Å². The van der Waals surface area contributed by atoms with Crippen molar-refractivity contribution in [2.75, 3.05) is 25.6 Å². The first-order valence-electron chi connectivity index (χ1n) is 6.45. The van der Waals surface area contributed by atoms with Crippen LogP contribution in [0, 0.1) is 0 Å². The number of halogens is 1. The van der Waals surface area contributed by atoms with Gasteiger partial charge in [0, 0.05) is 18.0 Å². The molecular formula is C14H20ClNO2. The summed E-state index contributed by atoms with van der Waals surface area (Å²) >= 11 is 5.89. The molecule has 0 bridgehead atoms. The number of alkyl halides is 1. The summed E-state index contributed by atoms with van der Waals surface area (Å²) < 4.78 is 11.2. The van der Waals surface area contributed by atoms with Gasteiger partial charge in [-0.05, 0) is 31.9 Å². The van der Waals surface area contributed by atoms with Crippen LogP contribution in [0.5, 0.6) is 11.5 Å². The van der Waals surface area contributed by atoms with E-state index in [1.807, 2.05) is 31.2 Å².